The highest BCUT2D eigenvalue weighted by molar-refractivity contribution is 5.88. The molecule has 1 aromatic carbocycles. The molecule has 170 valence electrons. The largest absolute Gasteiger partial charge is 0.480 e. The summed E-state index contributed by atoms with van der Waals surface area (Å²) in [5.41, 5.74) is 3.34. The number of amides is 1. The molecule has 0 bridgehead atoms. The first-order valence-corrected chi connectivity index (χ1v) is 12.2. The van der Waals surface area contributed by atoms with E-state index in [9.17, 15) is 14.7 Å². The second kappa shape index (κ2) is 11.4. The summed E-state index contributed by atoms with van der Waals surface area (Å²) < 4.78 is 2.03. The summed E-state index contributed by atoms with van der Waals surface area (Å²) in [6.45, 7) is 4.15. The smallest absolute Gasteiger partial charge is 0.326 e. The zero-order valence-corrected chi connectivity index (χ0v) is 19.2. The summed E-state index contributed by atoms with van der Waals surface area (Å²) in [4.78, 5) is 24.4. The minimum atomic E-state index is -0.781. The zero-order chi connectivity index (χ0) is 22.2. The van der Waals surface area contributed by atoms with Crippen LogP contribution in [0.15, 0.2) is 24.3 Å². The van der Waals surface area contributed by atoms with Crippen LogP contribution in [0, 0.1) is 0 Å². The Bertz CT molecular complexity index is 886. The topological polar surface area (TPSA) is 71.3 Å². The van der Waals surface area contributed by atoms with Gasteiger partial charge in [-0.3, -0.25) is 4.79 Å². The van der Waals surface area contributed by atoms with Crippen LogP contribution >= 0.6 is 0 Å². The Morgan fingerprint density at radius 3 is 2.52 bits per heavy atom. The predicted octanol–water partition coefficient (Wildman–Crippen LogP) is 5.79. The lowest BCUT2D eigenvalue weighted by Crippen LogP contribution is -2.39. The number of rotatable bonds is 12. The number of hydrogen-bond donors (Lipinski definition) is 2. The third kappa shape index (κ3) is 5.69. The van der Waals surface area contributed by atoms with Gasteiger partial charge in [-0.15, -0.1) is 0 Å². The first-order chi connectivity index (χ1) is 15.1. The van der Waals surface area contributed by atoms with Gasteiger partial charge >= 0.3 is 5.97 Å². The number of carboxylic acid groups (broad SMARTS) is 1. The predicted molar refractivity (Wildman–Crippen MR) is 125 cm³/mol. The molecular formula is C26H38N2O3. The van der Waals surface area contributed by atoms with E-state index in [1.54, 1.807) is 0 Å². The van der Waals surface area contributed by atoms with Crippen LogP contribution < -0.4 is 5.32 Å². The fourth-order valence-corrected chi connectivity index (χ4v) is 5.03. The van der Waals surface area contributed by atoms with Crippen molar-refractivity contribution in [1.29, 1.82) is 0 Å². The van der Waals surface area contributed by atoms with Crippen molar-refractivity contribution >= 4 is 22.8 Å². The Hall–Kier alpha value is -2.30. The molecule has 0 aliphatic heterocycles. The highest BCUT2D eigenvalue weighted by Crippen LogP contribution is 2.35. The first-order valence-electron chi connectivity index (χ1n) is 12.2. The van der Waals surface area contributed by atoms with Gasteiger partial charge in [0.15, 0.2) is 0 Å². The number of hydrogen-bond acceptors (Lipinski definition) is 2. The maximum absolute atomic E-state index is 12.5. The molecule has 2 atom stereocenters. The van der Waals surface area contributed by atoms with Gasteiger partial charge in [0.05, 0.1) is 0 Å². The van der Waals surface area contributed by atoms with Crippen molar-refractivity contribution in [3.05, 3.63) is 35.5 Å². The SMILES string of the molecule is CCCCCCCCCC(=O)N[C@H]1CCc2c(c3ccccc3n2C(CC)C(=O)O)C1. The van der Waals surface area contributed by atoms with E-state index in [1.807, 2.05) is 29.7 Å². The van der Waals surface area contributed by atoms with Gasteiger partial charge in [0.2, 0.25) is 5.91 Å². The van der Waals surface area contributed by atoms with Crippen molar-refractivity contribution in [1.82, 2.24) is 9.88 Å². The number of carboxylic acids is 1. The fourth-order valence-electron chi connectivity index (χ4n) is 5.03. The first kappa shape index (κ1) is 23.4. The number of carbonyl (C=O) groups excluding carboxylic acids is 1. The van der Waals surface area contributed by atoms with Crippen molar-refractivity contribution in [2.45, 2.75) is 103 Å². The van der Waals surface area contributed by atoms with Crippen LogP contribution in [0.4, 0.5) is 0 Å². The molecule has 5 nitrogen and oxygen atoms in total. The maximum Gasteiger partial charge on any atom is 0.326 e. The molecule has 0 fully saturated rings. The van der Waals surface area contributed by atoms with Crippen LogP contribution in [-0.2, 0) is 22.4 Å². The monoisotopic (exact) mass is 426 g/mol. The Morgan fingerprint density at radius 2 is 1.81 bits per heavy atom. The second-order valence-corrected chi connectivity index (χ2v) is 8.95. The molecule has 0 radical (unpaired) electrons. The van der Waals surface area contributed by atoms with Crippen LogP contribution in [0.5, 0.6) is 0 Å². The Balaban J connectivity index is 1.62. The standard InChI is InChI=1S/C26H38N2O3/c1-3-5-6-7-8-9-10-15-25(29)27-19-16-17-24-21(18-19)20-13-11-12-14-23(20)28(24)22(4-2)26(30)31/h11-14,19,22H,3-10,15-18H2,1-2H3,(H,27,29)(H,30,31)/t19-,22?/m0/s1. The van der Waals surface area contributed by atoms with E-state index in [2.05, 4.69) is 18.3 Å². The molecule has 1 amide bonds. The van der Waals surface area contributed by atoms with Crippen LogP contribution in [-0.4, -0.2) is 27.6 Å². The molecule has 0 saturated heterocycles. The van der Waals surface area contributed by atoms with E-state index in [-0.39, 0.29) is 11.9 Å². The van der Waals surface area contributed by atoms with Crippen LogP contribution in [0.3, 0.4) is 0 Å². The van der Waals surface area contributed by atoms with Crippen LogP contribution in [0.1, 0.15) is 95.4 Å². The van der Waals surface area contributed by atoms with Crippen molar-refractivity contribution in [3.8, 4) is 0 Å². The number of carbonyl (C=O) groups is 2. The van der Waals surface area contributed by atoms with Crippen molar-refractivity contribution in [3.63, 3.8) is 0 Å². The zero-order valence-electron chi connectivity index (χ0n) is 19.2. The second-order valence-electron chi connectivity index (χ2n) is 8.95. The van der Waals surface area contributed by atoms with Crippen molar-refractivity contribution in [2.75, 3.05) is 0 Å². The highest BCUT2D eigenvalue weighted by Gasteiger charge is 2.30. The average molecular weight is 427 g/mol. The number of nitrogens with one attached hydrogen (secondary N) is 1. The van der Waals surface area contributed by atoms with Crippen molar-refractivity contribution < 1.29 is 14.7 Å². The molecule has 1 unspecified atom stereocenters. The summed E-state index contributed by atoms with van der Waals surface area (Å²) in [6.07, 6.45) is 12.1. The number of nitrogens with zero attached hydrogens (tertiary/aromatic N) is 1. The van der Waals surface area contributed by atoms with Gasteiger partial charge in [-0.25, -0.2) is 4.79 Å². The molecule has 2 aromatic rings. The summed E-state index contributed by atoms with van der Waals surface area (Å²) in [5, 5.41) is 14.1. The highest BCUT2D eigenvalue weighted by atomic mass is 16.4. The number of fused-ring (bicyclic) bond motifs is 3. The van der Waals surface area contributed by atoms with Gasteiger partial charge in [0.1, 0.15) is 6.04 Å². The van der Waals surface area contributed by atoms with Gasteiger partial charge in [0, 0.05) is 29.1 Å². The number of benzene rings is 1. The van der Waals surface area contributed by atoms with Gasteiger partial charge in [-0.2, -0.15) is 0 Å². The lowest BCUT2D eigenvalue weighted by Gasteiger charge is -2.26. The van der Waals surface area contributed by atoms with Gasteiger partial charge in [0.25, 0.3) is 0 Å². The molecule has 1 heterocycles. The maximum atomic E-state index is 12.5. The Morgan fingerprint density at radius 1 is 1.10 bits per heavy atom. The van der Waals surface area contributed by atoms with E-state index < -0.39 is 12.0 Å². The number of para-hydroxylation sites is 1. The third-order valence-electron chi connectivity index (χ3n) is 6.66. The summed E-state index contributed by atoms with van der Waals surface area (Å²) >= 11 is 0. The number of aromatic nitrogens is 1. The van der Waals surface area contributed by atoms with E-state index in [4.69, 9.17) is 0 Å². The fraction of sp³-hybridized carbons (Fsp3) is 0.615. The molecule has 1 aliphatic carbocycles. The molecular weight excluding hydrogens is 388 g/mol. The van der Waals surface area contributed by atoms with Crippen molar-refractivity contribution in [2.24, 2.45) is 0 Å². The molecule has 5 heteroatoms. The molecule has 0 saturated carbocycles. The van der Waals surface area contributed by atoms with E-state index in [1.165, 1.54) is 37.7 Å². The third-order valence-corrected chi connectivity index (χ3v) is 6.66. The quantitative estimate of drug-likeness (QED) is 0.422. The molecule has 1 aliphatic rings. The molecule has 3 rings (SSSR count). The van der Waals surface area contributed by atoms with Gasteiger partial charge < -0.3 is 15.0 Å². The molecule has 0 spiro atoms. The lowest BCUT2D eigenvalue weighted by atomic mass is 9.91. The van der Waals surface area contributed by atoms with Gasteiger partial charge in [-0.05, 0) is 43.7 Å². The summed E-state index contributed by atoms with van der Waals surface area (Å²) in [6, 6.07) is 7.68. The summed E-state index contributed by atoms with van der Waals surface area (Å²) in [5.74, 6) is -0.626. The van der Waals surface area contributed by atoms with E-state index in [0.717, 1.165) is 48.7 Å². The number of aliphatic carboxylic acids is 1. The molecule has 2 N–H and O–H groups in total. The molecule has 31 heavy (non-hydrogen) atoms. The minimum Gasteiger partial charge on any atom is -0.480 e. The van der Waals surface area contributed by atoms with E-state index in [0.29, 0.717) is 12.8 Å². The lowest BCUT2D eigenvalue weighted by molar-refractivity contribution is -0.141. The number of unbranched alkanes of at least 4 members (excludes halogenated alkanes) is 6. The van der Waals surface area contributed by atoms with Crippen LogP contribution in [0.25, 0.3) is 10.9 Å². The minimum absolute atomic E-state index is 0.133. The van der Waals surface area contributed by atoms with Gasteiger partial charge in [-0.1, -0.05) is 70.6 Å². The normalized spacial score (nSPS) is 16.8. The van der Waals surface area contributed by atoms with Crippen LogP contribution in [0.2, 0.25) is 0 Å². The molecule has 1 aromatic heterocycles. The van der Waals surface area contributed by atoms with E-state index >= 15 is 0 Å². The Labute approximate surface area is 186 Å². The average Bonchev–Trinajstić information content (AvgIpc) is 3.07. The Kier molecular flexibility index (Phi) is 8.56. The summed E-state index contributed by atoms with van der Waals surface area (Å²) in [7, 11) is 0.